The molecule has 1 aliphatic rings. The molecule has 1 fully saturated rings. The monoisotopic (exact) mass is 425 g/mol. The second kappa shape index (κ2) is 8.29. The van der Waals surface area contributed by atoms with Gasteiger partial charge in [-0.05, 0) is 30.7 Å². The number of aromatic nitrogens is 1. The minimum atomic E-state index is -0.418. The van der Waals surface area contributed by atoms with E-state index in [0.29, 0.717) is 53.2 Å². The summed E-state index contributed by atoms with van der Waals surface area (Å²) in [6.45, 7) is 0.695. The van der Waals surface area contributed by atoms with Crippen molar-refractivity contribution in [2.24, 2.45) is 7.05 Å². The maximum atomic E-state index is 14.0. The molecule has 0 unspecified atom stereocenters. The summed E-state index contributed by atoms with van der Waals surface area (Å²) in [6.07, 6.45) is 1.11. The molecule has 1 aromatic heterocycles. The van der Waals surface area contributed by atoms with Crippen LogP contribution in [-0.2, 0) is 18.4 Å². The van der Waals surface area contributed by atoms with E-state index in [1.165, 1.54) is 12.1 Å². The molecule has 0 spiro atoms. The van der Waals surface area contributed by atoms with Gasteiger partial charge < -0.3 is 24.3 Å². The van der Waals surface area contributed by atoms with Crippen molar-refractivity contribution in [3.63, 3.8) is 0 Å². The minimum absolute atomic E-state index is 0.0692. The predicted molar refractivity (Wildman–Crippen MR) is 115 cm³/mol. The van der Waals surface area contributed by atoms with Crippen LogP contribution in [0.4, 0.5) is 10.1 Å². The van der Waals surface area contributed by atoms with Gasteiger partial charge in [-0.15, -0.1) is 0 Å². The lowest BCUT2D eigenvalue weighted by Gasteiger charge is -2.18. The molecule has 0 aliphatic carbocycles. The number of nitrogens with zero attached hydrogens (tertiary/aromatic N) is 2. The van der Waals surface area contributed by atoms with Crippen LogP contribution < -0.4 is 19.7 Å². The first kappa shape index (κ1) is 20.7. The van der Waals surface area contributed by atoms with E-state index < -0.39 is 5.82 Å². The van der Waals surface area contributed by atoms with Gasteiger partial charge in [0.05, 0.1) is 25.4 Å². The Morgan fingerprint density at radius 3 is 2.68 bits per heavy atom. The third kappa shape index (κ3) is 3.58. The van der Waals surface area contributed by atoms with Crippen LogP contribution >= 0.6 is 0 Å². The summed E-state index contributed by atoms with van der Waals surface area (Å²) in [4.78, 5) is 27.4. The van der Waals surface area contributed by atoms with Gasteiger partial charge >= 0.3 is 0 Å². The molecule has 2 aromatic carbocycles. The number of fused-ring (bicyclic) bond motifs is 1. The van der Waals surface area contributed by atoms with Gasteiger partial charge in [0.25, 0.3) is 5.91 Å². The standard InChI is InChI=1S/C23H24FN3O4/c1-26-17-10-9-15(24)12-16(17)20(27-11-5-8-19(27)28)21(26)23(29)25-13-14-6-4-7-18(30-2)22(14)31-3/h4,6-7,9-10,12H,5,8,11,13H2,1-3H3,(H,25,29). The number of para-hydroxylation sites is 1. The second-order valence-corrected chi connectivity index (χ2v) is 7.40. The average Bonchev–Trinajstić information content (AvgIpc) is 3.31. The van der Waals surface area contributed by atoms with Crippen LogP contribution in [0.5, 0.6) is 11.5 Å². The van der Waals surface area contributed by atoms with Crippen LogP contribution in [0.15, 0.2) is 36.4 Å². The summed E-state index contributed by atoms with van der Waals surface area (Å²) in [5.41, 5.74) is 2.20. The summed E-state index contributed by atoms with van der Waals surface area (Å²) >= 11 is 0. The Morgan fingerprint density at radius 2 is 2.00 bits per heavy atom. The highest BCUT2D eigenvalue weighted by Crippen LogP contribution is 2.36. The van der Waals surface area contributed by atoms with Gasteiger partial charge in [0.1, 0.15) is 11.5 Å². The quantitative estimate of drug-likeness (QED) is 0.657. The molecule has 31 heavy (non-hydrogen) atoms. The van der Waals surface area contributed by atoms with Crippen molar-refractivity contribution < 1.29 is 23.5 Å². The molecule has 3 aromatic rings. The summed E-state index contributed by atoms with van der Waals surface area (Å²) in [6, 6.07) is 9.77. The Hall–Kier alpha value is -3.55. The maximum absolute atomic E-state index is 14.0. The summed E-state index contributed by atoms with van der Waals surface area (Å²) in [5, 5.41) is 3.45. The number of halogens is 1. The van der Waals surface area contributed by atoms with E-state index in [1.807, 2.05) is 12.1 Å². The number of benzene rings is 2. The largest absolute Gasteiger partial charge is 0.493 e. The number of hydrogen-bond donors (Lipinski definition) is 1. The van der Waals surface area contributed by atoms with Crippen molar-refractivity contribution in [1.82, 2.24) is 9.88 Å². The summed E-state index contributed by atoms with van der Waals surface area (Å²) in [7, 11) is 4.83. The Morgan fingerprint density at radius 1 is 1.19 bits per heavy atom. The van der Waals surface area contributed by atoms with E-state index in [-0.39, 0.29) is 18.4 Å². The topological polar surface area (TPSA) is 72.8 Å². The molecule has 162 valence electrons. The maximum Gasteiger partial charge on any atom is 0.270 e. The van der Waals surface area contributed by atoms with Crippen LogP contribution in [0.25, 0.3) is 10.9 Å². The smallest absolute Gasteiger partial charge is 0.270 e. The molecule has 1 saturated heterocycles. The fraction of sp³-hybridized carbons (Fsp3) is 0.304. The van der Waals surface area contributed by atoms with Gasteiger partial charge in [0.15, 0.2) is 11.5 Å². The zero-order valence-corrected chi connectivity index (χ0v) is 17.7. The number of anilines is 1. The Balaban J connectivity index is 1.73. The third-order valence-electron chi connectivity index (χ3n) is 5.62. The lowest BCUT2D eigenvalue weighted by atomic mass is 10.1. The number of aryl methyl sites for hydroxylation is 1. The Bertz CT molecular complexity index is 1170. The molecule has 1 N–H and O–H groups in total. The minimum Gasteiger partial charge on any atom is -0.493 e. The van der Waals surface area contributed by atoms with E-state index in [9.17, 15) is 14.0 Å². The average molecular weight is 425 g/mol. The molecule has 8 heteroatoms. The van der Waals surface area contributed by atoms with Crippen LogP contribution in [0.1, 0.15) is 28.9 Å². The number of amides is 2. The van der Waals surface area contributed by atoms with Gasteiger partial charge in [-0.3, -0.25) is 9.59 Å². The number of methoxy groups -OCH3 is 2. The molecular weight excluding hydrogens is 401 g/mol. The Labute approximate surface area is 179 Å². The molecule has 7 nitrogen and oxygen atoms in total. The third-order valence-corrected chi connectivity index (χ3v) is 5.62. The lowest BCUT2D eigenvalue weighted by Crippen LogP contribution is -2.30. The first-order valence-electron chi connectivity index (χ1n) is 10.0. The molecule has 0 saturated carbocycles. The molecule has 0 radical (unpaired) electrons. The van der Waals surface area contributed by atoms with Crippen molar-refractivity contribution in [2.45, 2.75) is 19.4 Å². The fourth-order valence-corrected chi connectivity index (χ4v) is 4.17. The predicted octanol–water partition coefficient (Wildman–Crippen LogP) is 3.39. The fourth-order valence-electron chi connectivity index (χ4n) is 4.17. The van der Waals surface area contributed by atoms with E-state index in [0.717, 1.165) is 5.56 Å². The molecule has 0 bridgehead atoms. The highest BCUT2D eigenvalue weighted by Gasteiger charge is 2.31. The van der Waals surface area contributed by atoms with E-state index in [1.54, 1.807) is 42.9 Å². The normalized spacial score (nSPS) is 13.7. The van der Waals surface area contributed by atoms with Gasteiger partial charge in [-0.25, -0.2) is 4.39 Å². The first-order chi connectivity index (χ1) is 15.0. The van der Waals surface area contributed by atoms with Crippen molar-refractivity contribution in [3.8, 4) is 11.5 Å². The van der Waals surface area contributed by atoms with Crippen molar-refractivity contribution in [3.05, 3.63) is 53.5 Å². The molecule has 0 atom stereocenters. The second-order valence-electron chi connectivity index (χ2n) is 7.40. The SMILES string of the molecule is COc1cccc(CNC(=O)c2c(N3CCCC3=O)c3cc(F)ccc3n2C)c1OC. The molecule has 2 heterocycles. The lowest BCUT2D eigenvalue weighted by molar-refractivity contribution is -0.117. The van der Waals surface area contributed by atoms with Crippen LogP contribution in [0.2, 0.25) is 0 Å². The van der Waals surface area contributed by atoms with Crippen molar-refractivity contribution in [1.29, 1.82) is 0 Å². The van der Waals surface area contributed by atoms with Crippen LogP contribution in [0, 0.1) is 5.82 Å². The van der Waals surface area contributed by atoms with E-state index >= 15 is 0 Å². The van der Waals surface area contributed by atoms with E-state index in [2.05, 4.69) is 5.32 Å². The number of carbonyl (C=O) groups excluding carboxylic acids is 2. The molecule has 2 amide bonds. The van der Waals surface area contributed by atoms with E-state index in [4.69, 9.17) is 9.47 Å². The number of rotatable bonds is 6. The van der Waals surface area contributed by atoms with Crippen molar-refractivity contribution in [2.75, 3.05) is 25.7 Å². The first-order valence-corrected chi connectivity index (χ1v) is 10.0. The summed E-state index contributed by atoms with van der Waals surface area (Å²) < 4.78 is 26.5. The molecule has 4 rings (SSSR count). The van der Waals surface area contributed by atoms with Crippen molar-refractivity contribution >= 4 is 28.4 Å². The van der Waals surface area contributed by atoms with Crippen LogP contribution in [-0.4, -0.2) is 37.1 Å². The van der Waals surface area contributed by atoms with Crippen LogP contribution in [0.3, 0.4) is 0 Å². The highest BCUT2D eigenvalue weighted by molar-refractivity contribution is 6.14. The highest BCUT2D eigenvalue weighted by atomic mass is 19.1. The van der Waals surface area contributed by atoms with Gasteiger partial charge in [0, 0.05) is 37.5 Å². The zero-order valence-electron chi connectivity index (χ0n) is 17.7. The number of nitrogens with one attached hydrogen (secondary N) is 1. The molecule has 1 aliphatic heterocycles. The Kier molecular flexibility index (Phi) is 5.54. The number of carbonyl (C=O) groups is 2. The zero-order chi connectivity index (χ0) is 22.1. The number of hydrogen-bond acceptors (Lipinski definition) is 4. The number of ether oxygens (including phenoxy) is 2. The van der Waals surface area contributed by atoms with Gasteiger partial charge in [-0.2, -0.15) is 0 Å². The molecular formula is C23H24FN3O4. The van der Waals surface area contributed by atoms with Gasteiger partial charge in [0.2, 0.25) is 5.91 Å². The summed E-state index contributed by atoms with van der Waals surface area (Å²) in [5.74, 6) is 0.259. The van der Waals surface area contributed by atoms with Gasteiger partial charge in [-0.1, -0.05) is 12.1 Å².